The van der Waals surface area contributed by atoms with E-state index in [0.717, 1.165) is 5.56 Å². The molecule has 2 atom stereocenters. The van der Waals surface area contributed by atoms with Crippen LogP contribution in [0, 0.1) is 11.8 Å². The van der Waals surface area contributed by atoms with Crippen molar-refractivity contribution in [3.8, 4) is 0 Å². The minimum Gasteiger partial charge on any atom is -0.481 e. The number of amides is 1. The second-order valence-corrected chi connectivity index (χ2v) is 3.64. The molecule has 0 bridgehead atoms. The molecule has 0 aromatic carbocycles. The van der Waals surface area contributed by atoms with E-state index in [0.29, 0.717) is 13.0 Å². The Morgan fingerprint density at radius 3 is 2.87 bits per heavy atom. The molecule has 0 saturated heterocycles. The second-order valence-electron chi connectivity index (χ2n) is 3.64. The van der Waals surface area contributed by atoms with E-state index in [4.69, 9.17) is 9.52 Å². The van der Waals surface area contributed by atoms with E-state index >= 15 is 0 Å². The van der Waals surface area contributed by atoms with Crippen LogP contribution in [0.15, 0.2) is 23.0 Å². The third-order valence-electron chi connectivity index (χ3n) is 2.49. The van der Waals surface area contributed by atoms with Crippen molar-refractivity contribution >= 4 is 11.9 Å². The van der Waals surface area contributed by atoms with Crippen LogP contribution < -0.4 is 5.32 Å². The van der Waals surface area contributed by atoms with E-state index < -0.39 is 11.9 Å². The van der Waals surface area contributed by atoms with Gasteiger partial charge in [0, 0.05) is 12.1 Å². The maximum Gasteiger partial charge on any atom is 0.307 e. The lowest BCUT2D eigenvalue weighted by Crippen LogP contribution is -2.25. The molecule has 1 aliphatic rings. The van der Waals surface area contributed by atoms with Gasteiger partial charge in [0.1, 0.15) is 0 Å². The molecule has 5 nitrogen and oxygen atoms in total. The molecule has 80 valence electrons. The number of carboxylic acid groups (broad SMARTS) is 1. The van der Waals surface area contributed by atoms with Crippen LogP contribution >= 0.6 is 0 Å². The van der Waals surface area contributed by atoms with Gasteiger partial charge in [-0.15, -0.1) is 0 Å². The average Bonchev–Trinajstić information content (AvgIpc) is 2.85. The predicted octanol–water partition coefficient (Wildman–Crippen LogP) is 0.616. The lowest BCUT2D eigenvalue weighted by molar-refractivity contribution is -0.140. The molecule has 0 radical (unpaired) electrons. The van der Waals surface area contributed by atoms with Gasteiger partial charge in [0.25, 0.3) is 0 Å². The van der Waals surface area contributed by atoms with Gasteiger partial charge in [-0.05, 0) is 12.5 Å². The van der Waals surface area contributed by atoms with Crippen LogP contribution in [-0.4, -0.2) is 17.0 Å². The van der Waals surface area contributed by atoms with Gasteiger partial charge < -0.3 is 14.8 Å². The van der Waals surface area contributed by atoms with Gasteiger partial charge in [-0.3, -0.25) is 9.59 Å². The van der Waals surface area contributed by atoms with Crippen molar-refractivity contribution in [2.45, 2.75) is 13.0 Å². The van der Waals surface area contributed by atoms with Gasteiger partial charge >= 0.3 is 5.97 Å². The Morgan fingerprint density at radius 2 is 2.33 bits per heavy atom. The fraction of sp³-hybridized carbons (Fsp3) is 0.400. The minimum atomic E-state index is -0.890. The number of rotatable bonds is 4. The number of carbonyl (C=O) groups excluding carboxylic acids is 1. The molecule has 2 unspecified atom stereocenters. The van der Waals surface area contributed by atoms with Gasteiger partial charge in [-0.1, -0.05) is 0 Å². The van der Waals surface area contributed by atoms with Crippen molar-refractivity contribution in [1.29, 1.82) is 0 Å². The molecule has 1 saturated carbocycles. The highest BCUT2D eigenvalue weighted by atomic mass is 16.4. The first-order valence-corrected chi connectivity index (χ1v) is 4.70. The van der Waals surface area contributed by atoms with Crippen LogP contribution in [-0.2, 0) is 16.1 Å². The molecule has 1 aromatic heterocycles. The Balaban J connectivity index is 1.77. The lowest BCUT2D eigenvalue weighted by Gasteiger charge is -2.01. The SMILES string of the molecule is O=C(O)C1CC1C(=O)NCc1ccoc1. The summed E-state index contributed by atoms with van der Waals surface area (Å²) >= 11 is 0. The molecule has 0 aliphatic heterocycles. The molecule has 2 rings (SSSR count). The molecular formula is C10H11NO4. The van der Waals surface area contributed by atoms with Crippen LogP contribution in [0.5, 0.6) is 0 Å². The van der Waals surface area contributed by atoms with Crippen molar-refractivity contribution in [1.82, 2.24) is 5.32 Å². The van der Waals surface area contributed by atoms with Gasteiger partial charge in [0.05, 0.1) is 24.4 Å². The number of aliphatic carboxylic acids is 1. The highest BCUT2D eigenvalue weighted by Gasteiger charge is 2.48. The lowest BCUT2D eigenvalue weighted by atomic mass is 10.3. The summed E-state index contributed by atoms with van der Waals surface area (Å²) in [6, 6.07) is 1.75. The number of carboxylic acids is 1. The summed E-state index contributed by atoms with van der Waals surface area (Å²) in [7, 11) is 0. The maximum atomic E-state index is 11.4. The van der Waals surface area contributed by atoms with E-state index in [2.05, 4.69) is 5.32 Å². The number of nitrogens with one attached hydrogen (secondary N) is 1. The highest BCUT2D eigenvalue weighted by Crippen LogP contribution is 2.38. The summed E-state index contributed by atoms with van der Waals surface area (Å²) in [6.07, 6.45) is 3.52. The van der Waals surface area contributed by atoms with E-state index in [-0.39, 0.29) is 11.8 Å². The van der Waals surface area contributed by atoms with Crippen LogP contribution in [0.25, 0.3) is 0 Å². The summed E-state index contributed by atoms with van der Waals surface area (Å²) in [6.45, 7) is 0.387. The number of carbonyl (C=O) groups is 2. The zero-order valence-corrected chi connectivity index (χ0v) is 7.97. The van der Waals surface area contributed by atoms with Crippen molar-refractivity contribution < 1.29 is 19.1 Å². The van der Waals surface area contributed by atoms with Crippen molar-refractivity contribution in [2.24, 2.45) is 11.8 Å². The Bertz CT molecular complexity index is 371. The normalized spacial score (nSPS) is 23.5. The van der Waals surface area contributed by atoms with Crippen LogP contribution in [0.1, 0.15) is 12.0 Å². The summed E-state index contributed by atoms with van der Waals surface area (Å²) < 4.78 is 4.84. The van der Waals surface area contributed by atoms with Gasteiger partial charge in [-0.25, -0.2) is 0 Å². The predicted molar refractivity (Wildman–Crippen MR) is 49.8 cm³/mol. The van der Waals surface area contributed by atoms with Crippen molar-refractivity contribution in [2.75, 3.05) is 0 Å². The quantitative estimate of drug-likeness (QED) is 0.761. The number of hydrogen-bond acceptors (Lipinski definition) is 3. The molecule has 15 heavy (non-hydrogen) atoms. The summed E-state index contributed by atoms with van der Waals surface area (Å²) in [4.78, 5) is 21.9. The van der Waals surface area contributed by atoms with E-state index in [1.807, 2.05) is 0 Å². The molecule has 1 aromatic rings. The first-order valence-electron chi connectivity index (χ1n) is 4.70. The average molecular weight is 209 g/mol. The molecule has 5 heteroatoms. The second kappa shape index (κ2) is 3.76. The standard InChI is InChI=1S/C10H11NO4/c12-9(7-3-8(7)10(13)14)11-4-6-1-2-15-5-6/h1-2,5,7-8H,3-4H2,(H,11,12)(H,13,14). The molecule has 1 aliphatic carbocycles. The number of hydrogen-bond donors (Lipinski definition) is 2. The Hall–Kier alpha value is -1.78. The van der Waals surface area contributed by atoms with Crippen LogP contribution in [0.4, 0.5) is 0 Å². The van der Waals surface area contributed by atoms with Crippen molar-refractivity contribution in [3.63, 3.8) is 0 Å². The van der Waals surface area contributed by atoms with Crippen LogP contribution in [0.2, 0.25) is 0 Å². The van der Waals surface area contributed by atoms with Crippen LogP contribution in [0.3, 0.4) is 0 Å². The molecular weight excluding hydrogens is 198 g/mol. The van der Waals surface area contributed by atoms with Gasteiger partial charge in [0.2, 0.25) is 5.91 Å². The molecule has 2 N–H and O–H groups in total. The Labute approximate surface area is 86.1 Å². The Morgan fingerprint density at radius 1 is 1.53 bits per heavy atom. The molecule has 1 fully saturated rings. The molecule has 1 heterocycles. The fourth-order valence-corrected chi connectivity index (χ4v) is 1.47. The van der Waals surface area contributed by atoms with Crippen molar-refractivity contribution in [3.05, 3.63) is 24.2 Å². The summed E-state index contributed by atoms with van der Waals surface area (Å²) in [5.41, 5.74) is 0.871. The first kappa shape index (κ1) is 9.76. The van der Waals surface area contributed by atoms with E-state index in [9.17, 15) is 9.59 Å². The fourth-order valence-electron chi connectivity index (χ4n) is 1.47. The monoisotopic (exact) mass is 209 g/mol. The third-order valence-corrected chi connectivity index (χ3v) is 2.49. The largest absolute Gasteiger partial charge is 0.481 e. The Kier molecular flexibility index (Phi) is 2.45. The molecule has 0 spiro atoms. The third kappa shape index (κ3) is 2.18. The summed E-state index contributed by atoms with van der Waals surface area (Å²) in [5.74, 6) is -1.93. The highest BCUT2D eigenvalue weighted by molar-refractivity contribution is 5.89. The summed E-state index contributed by atoms with van der Waals surface area (Å²) in [5, 5.41) is 11.3. The number of furan rings is 1. The van der Waals surface area contributed by atoms with E-state index in [1.165, 1.54) is 6.26 Å². The van der Waals surface area contributed by atoms with Gasteiger partial charge in [0.15, 0.2) is 0 Å². The minimum absolute atomic E-state index is 0.191. The smallest absolute Gasteiger partial charge is 0.307 e. The van der Waals surface area contributed by atoms with E-state index in [1.54, 1.807) is 12.3 Å². The maximum absolute atomic E-state index is 11.4. The zero-order valence-electron chi connectivity index (χ0n) is 7.97. The topological polar surface area (TPSA) is 79.5 Å². The molecule has 1 amide bonds. The first-order chi connectivity index (χ1) is 7.18. The zero-order chi connectivity index (χ0) is 10.8. The van der Waals surface area contributed by atoms with Gasteiger partial charge in [-0.2, -0.15) is 0 Å².